The SMILES string of the molecule is O=C(Nc1cc(C(F)(F)F)ccc1OC1COC1)NC1CC12CCC(OCc1cccnc1)CC2. The number of nitrogens with zero attached hydrogens (tertiary/aromatic N) is 1. The molecule has 10 heteroatoms. The van der Waals surface area contributed by atoms with Crippen molar-refractivity contribution in [3.05, 3.63) is 53.9 Å². The fraction of sp³-hybridized carbons (Fsp3) is 0.520. The van der Waals surface area contributed by atoms with Gasteiger partial charge in [-0.3, -0.25) is 4.98 Å². The zero-order valence-corrected chi connectivity index (χ0v) is 19.1. The van der Waals surface area contributed by atoms with Crippen molar-refractivity contribution in [2.24, 2.45) is 5.41 Å². The van der Waals surface area contributed by atoms with Crippen molar-refractivity contribution in [3.8, 4) is 5.75 Å². The average molecular weight is 492 g/mol. The van der Waals surface area contributed by atoms with Crippen LogP contribution in [0.5, 0.6) is 5.75 Å². The van der Waals surface area contributed by atoms with E-state index in [1.54, 1.807) is 12.4 Å². The van der Waals surface area contributed by atoms with Crippen LogP contribution in [0.2, 0.25) is 0 Å². The van der Waals surface area contributed by atoms with Gasteiger partial charge in [0.25, 0.3) is 0 Å². The maximum Gasteiger partial charge on any atom is 0.416 e. The van der Waals surface area contributed by atoms with Gasteiger partial charge in [0.2, 0.25) is 0 Å². The van der Waals surface area contributed by atoms with Crippen LogP contribution >= 0.6 is 0 Å². The first-order valence-electron chi connectivity index (χ1n) is 11.8. The van der Waals surface area contributed by atoms with Gasteiger partial charge in [0.1, 0.15) is 11.9 Å². The second-order valence-corrected chi connectivity index (χ2v) is 9.58. The molecule has 35 heavy (non-hydrogen) atoms. The highest BCUT2D eigenvalue weighted by atomic mass is 19.4. The van der Waals surface area contributed by atoms with Gasteiger partial charge in [-0.1, -0.05) is 6.07 Å². The number of hydrogen-bond donors (Lipinski definition) is 2. The number of benzene rings is 1. The van der Waals surface area contributed by atoms with Crippen LogP contribution in [0.1, 0.15) is 43.2 Å². The molecule has 0 radical (unpaired) electrons. The van der Waals surface area contributed by atoms with E-state index in [0.717, 1.165) is 49.8 Å². The first-order chi connectivity index (χ1) is 16.8. The summed E-state index contributed by atoms with van der Waals surface area (Å²) < 4.78 is 56.4. The number of halogens is 3. The van der Waals surface area contributed by atoms with E-state index in [2.05, 4.69) is 15.6 Å². The van der Waals surface area contributed by atoms with Crippen molar-refractivity contribution in [1.82, 2.24) is 10.3 Å². The van der Waals surface area contributed by atoms with E-state index in [9.17, 15) is 18.0 Å². The minimum Gasteiger partial charge on any atom is -0.483 e. The van der Waals surface area contributed by atoms with E-state index in [4.69, 9.17) is 14.2 Å². The van der Waals surface area contributed by atoms with E-state index in [-0.39, 0.29) is 35.1 Å². The van der Waals surface area contributed by atoms with Gasteiger partial charge in [-0.05, 0) is 67.3 Å². The Bertz CT molecular complexity index is 1040. The zero-order valence-electron chi connectivity index (χ0n) is 19.1. The highest BCUT2D eigenvalue weighted by Crippen LogP contribution is 2.56. The Kier molecular flexibility index (Phi) is 6.59. The van der Waals surface area contributed by atoms with Crippen LogP contribution < -0.4 is 15.4 Å². The molecule has 1 atom stereocenters. The molecule has 188 valence electrons. The molecule has 2 saturated carbocycles. The van der Waals surface area contributed by atoms with Crippen LogP contribution in [-0.2, 0) is 22.3 Å². The second-order valence-electron chi connectivity index (χ2n) is 9.58. The van der Waals surface area contributed by atoms with Crippen molar-refractivity contribution in [2.75, 3.05) is 18.5 Å². The van der Waals surface area contributed by atoms with Crippen molar-refractivity contribution < 1.29 is 32.2 Å². The number of carbonyl (C=O) groups is 1. The average Bonchev–Trinajstić information content (AvgIpc) is 3.47. The molecular weight excluding hydrogens is 463 g/mol. The van der Waals surface area contributed by atoms with Gasteiger partial charge in [-0.2, -0.15) is 13.2 Å². The molecule has 1 aliphatic heterocycles. The number of alkyl halides is 3. The standard InChI is InChI=1S/C25H28F3N3O4/c26-25(27,28)17-3-4-21(35-19-14-33-15-19)20(10-17)30-23(32)31-22-11-24(22)7-5-18(6-8-24)34-13-16-2-1-9-29-12-16/h1-4,9-10,12,18-19,22H,5-8,11,13-15H2,(H2,30,31,32). The van der Waals surface area contributed by atoms with Gasteiger partial charge in [-0.25, -0.2) is 4.79 Å². The van der Waals surface area contributed by atoms with Gasteiger partial charge in [-0.15, -0.1) is 0 Å². The van der Waals surface area contributed by atoms with Crippen LogP contribution in [0, 0.1) is 5.41 Å². The van der Waals surface area contributed by atoms with E-state index in [1.807, 2.05) is 12.1 Å². The third-order valence-corrected chi connectivity index (χ3v) is 7.09. The first-order valence-corrected chi connectivity index (χ1v) is 11.8. The molecule has 2 aliphatic carbocycles. The summed E-state index contributed by atoms with van der Waals surface area (Å²) in [5.74, 6) is 0.193. The number of ether oxygens (including phenoxy) is 3. The van der Waals surface area contributed by atoms with Gasteiger partial charge in [0.15, 0.2) is 0 Å². The summed E-state index contributed by atoms with van der Waals surface area (Å²) in [4.78, 5) is 16.8. The number of aromatic nitrogens is 1. The fourth-order valence-electron chi connectivity index (χ4n) is 4.82. The van der Waals surface area contributed by atoms with E-state index in [1.165, 1.54) is 6.07 Å². The number of rotatable bonds is 7. The van der Waals surface area contributed by atoms with Gasteiger partial charge in [0.05, 0.1) is 37.2 Å². The van der Waals surface area contributed by atoms with Gasteiger partial charge < -0.3 is 24.8 Å². The topological polar surface area (TPSA) is 81.7 Å². The number of nitrogens with one attached hydrogen (secondary N) is 2. The van der Waals surface area contributed by atoms with Gasteiger partial charge in [0, 0.05) is 18.4 Å². The number of urea groups is 1. The second kappa shape index (κ2) is 9.66. The molecule has 3 aliphatic rings. The number of amides is 2. The summed E-state index contributed by atoms with van der Waals surface area (Å²) in [6, 6.07) is 6.42. The summed E-state index contributed by atoms with van der Waals surface area (Å²) in [5, 5.41) is 5.51. The predicted molar refractivity (Wildman–Crippen MR) is 121 cm³/mol. The molecule has 2 N–H and O–H groups in total. The predicted octanol–water partition coefficient (Wildman–Crippen LogP) is 4.92. The van der Waals surface area contributed by atoms with E-state index >= 15 is 0 Å². The normalized spacial score (nSPS) is 26.1. The highest BCUT2D eigenvalue weighted by molar-refractivity contribution is 5.91. The molecule has 1 aromatic heterocycles. The van der Waals surface area contributed by atoms with Crippen LogP contribution in [0.3, 0.4) is 0 Å². The molecule has 2 aromatic rings. The smallest absolute Gasteiger partial charge is 0.416 e. The largest absolute Gasteiger partial charge is 0.483 e. The third kappa shape index (κ3) is 5.70. The monoisotopic (exact) mass is 491 g/mol. The van der Waals surface area contributed by atoms with Crippen molar-refractivity contribution in [1.29, 1.82) is 0 Å². The summed E-state index contributed by atoms with van der Waals surface area (Å²) in [5.41, 5.74) is 0.226. The van der Waals surface area contributed by atoms with Crippen molar-refractivity contribution >= 4 is 11.7 Å². The lowest BCUT2D eigenvalue weighted by Gasteiger charge is -2.29. The Morgan fingerprint density at radius 1 is 1.17 bits per heavy atom. The maximum absolute atomic E-state index is 13.2. The number of carbonyl (C=O) groups excluding carboxylic acids is 1. The van der Waals surface area contributed by atoms with E-state index < -0.39 is 17.8 Å². The molecule has 5 rings (SSSR count). The fourth-order valence-corrected chi connectivity index (χ4v) is 4.82. The number of pyridine rings is 1. The van der Waals surface area contributed by atoms with Crippen LogP contribution in [0.4, 0.5) is 23.7 Å². The van der Waals surface area contributed by atoms with E-state index in [0.29, 0.717) is 19.8 Å². The maximum atomic E-state index is 13.2. The van der Waals surface area contributed by atoms with Crippen LogP contribution in [-0.4, -0.2) is 42.5 Å². The molecule has 1 saturated heterocycles. The quantitative estimate of drug-likeness (QED) is 0.575. The molecule has 7 nitrogen and oxygen atoms in total. The zero-order chi connectivity index (χ0) is 24.5. The Morgan fingerprint density at radius 3 is 2.63 bits per heavy atom. The molecule has 1 aromatic carbocycles. The van der Waals surface area contributed by atoms with Gasteiger partial charge >= 0.3 is 12.2 Å². The summed E-state index contributed by atoms with van der Waals surface area (Å²) in [7, 11) is 0. The Morgan fingerprint density at radius 2 is 1.97 bits per heavy atom. The molecule has 2 heterocycles. The molecular formula is C25H28F3N3O4. The minimum atomic E-state index is -4.52. The Hall–Kier alpha value is -2.85. The molecule has 1 spiro atoms. The first kappa shape index (κ1) is 23.9. The number of anilines is 1. The van der Waals surface area contributed by atoms with Crippen molar-refractivity contribution in [2.45, 2.75) is 63.1 Å². The lowest BCUT2D eigenvalue weighted by molar-refractivity contribution is -0.137. The summed E-state index contributed by atoms with van der Waals surface area (Å²) in [6.45, 7) is 1.26. The van der Waals surface area contributed by atoms with Crippen molar-refractivity contribution in [3.63, 3.8) is 0 Å². The van der Waals surface area contributed by atoms with Crippen LogP contribution in [0.15, 0.2) is 42.7 Å². The Balaban J connectivity index is 1.13. The molecule has 1 unspecified atom stereocenters. The summed E-state index contributed by atoms with van der Waals surface area (Å²) >= 11 is 0. The highest BCUT2D eigenvalue weighted by Gasteiger charge is 2.55. The lowest BCUT2D eigenvalue weighted by atomic mass is 9.84. The molecule has 3 fully saturated rings. The number of hydrogen-bond acceptors (Lipinski definition) is 5. The lowest BCUT2D eigenvalue weighted by Crippen LogP contribution is -2.39. The Labute approximate surface area is 201 Å². The minimum absolute atomic E-state index is 0.00280. The molecule has 2 amide bonds. The molecule has 0 bridgehead atoms. The van der Waals surface area contributed by atoms with Crippen LogP contribution in [0.25, 0.3) is 0 Å². The third-order valence-electron chi connectivity index (χ3n) is 7.09. The summed E-state index contributed by atoms with van der Waals surface area (Å²) in [6.07, 6.45) is 3.51.